The van der Waals surface area contributed by atoms with Gasteiger partial charge in [-0.05, 0) is 24.5 Å². The van der Waals surface area contributed by atoms with Crippen molar-refractivity contribution < 1.29 is 18.3 Å². The summed E-state index contributed by atoms with van der Waals surface area (Å²) in [6, 6.07) is 16.5. The van der Waals surface area contributed by atoms with Crippen LogP contribution in [0.5, 0.6) is 0 Å². The third-order valence-electron chi connectivity index (χ3n) is 5.14. The summed E-state index contributed by atoms with van der Waals surface area (Å²) in [4.78, 5) is 12.2. The summed E-state index contributed by atoms with van der Waals surface area (Å²) < 4.78 is 26.5. The van der Waals surface area contributed by atoms with Crippen LogP contribution in [0.4, 0.5) is 0 Å². The lowest BCUT2D eigenvalue weighted by molar-refractivity contribution is -0.133. The van der Waals surface area contributed by atoms with Gasteiger partial charge >= 0.3 is 5.97 Å². The lowest BCUT2D eigenvalue weighted by Gasteiger charge is -2.31. The number of carboxylic acid groups (broad SMARTS) is 1. The van der Waals surface area contributed by atoms with Crippen molar-refractivity contribution in [1.29, 1.82) is 0 Å². The zero-order valence-electron chi connectivity index (χ0n) is 14.8. The number of nitrogens with one attached hydrogen (secondary N) is 1. The molecule has 0 spiro atoms. The highest BCUT2D eigenvalue weighted by molar-refractivity contribution is 7.95. The van der Waals surface area contributed by atoms with Gasteiger partial charge in [0, 0.05) is 11.3 Å². The lowest BCUT2D eigenvalue weighted by Crippen LogP contribution is -2.31. The van der Waals surface area contributed by atoms with E-state index in [0.717, 1.165) is 11.1 Å². The fourth-order valence-electron chi connectivity index (χ4n) is 3.93. The van der Waals surface area contributed by atoms with E-state index in [-0.39, 0.29) is 16.2 Å². The van der Waals surface area contributed by atoms with Gasteiger partial charge < -0.3 is 10.4 Å². The monoisotopic (exact) mass is 381 g/mol. The number of hydrogen-bond acceptors (Lipinski definition) is 4. The molecule has 0 amide bonds. The smallest absolute Gasteiger partial charge is 0.334 e. The molecular weight excluding hydrogens is 362 g/mol. The molecule has 2 aliphatic rings. The summed E-state index contributed by atoms with van der Waals surface area (Å²) in [5.74, 6) is -2.00. The Morgan fingerprint density at radius 1 is 1.07 bits per heavy atom. The fourth-order valence-corrected chi connectivity index (χ4v) is 5.72. The number of dihydropyridines is 1. The number of aryl methyl sites for hydroxylation is 1. The first kappa shape index (κ1) is 17.5. The van der Waals surface area contributed by atoms with E-state index in [1.54, 1.807) is 31.2 Å². The van der Waals surface area contributed by atoms with Crippen molar-refractivity contribution in [2.24, 2.45) is 0 Å². The number of rotatable bonds is 2. The van der Waals surface area contributed by atoms with Crippen LogP contribution in [0.1, 0.15) is 29.5 Å². The van der Waals surface area contributed by atoms with Gasteiger partial charge in [-0.15, -0.1) is 0 Å². The molecule has 27 heavy (non-hydrogen) atoms. The Bertz CT molecular complexity index is 1100. The van der Waals surface area contributed by atoms with Gasteiger partial charge in [0.05, 0.1) is 27.8 Å². The number of fused-ring (bicyclic) bond motifs is 2. The van der Waals surface area contributed by atoms with Crippen LogP contribution < -0.4 is 5.32 Å². The lowest BCUT2D eigenvalue weighted by atomic mass is 9.85. The van der Waals surface area contributed by atoms with Crippen LogP contribution in [0.3, 0.4) is 0 Å². The van der Waals surface area contributed by atoms with Crippen molar-refractivity contribution in [3.8, 4) is 0 Å². The molecule has 1 atom stereocenters. The number of aliphatic carboxylic acids is 1. The molecule has 2 aromatic rings. The number of hydrogen-bond donors (Lipinski definition) is 2. The summed E-state index contributed by atoms with van der Waals surface area (Å²) in [5.41, 5.74) is 3.45. The standard InChI is InChI=1S/C21H19NO4S/c1-13-17(21(23)24)18(15-8-3-2-4-9-15)20-19(22-13)16-10-6-5-7-14(16)11-12-27(20,25)26/h2-10,18,22H,11-12H2,1H3,(H,23,24). The summed E-state index contributed by atoms with van der Waals surface area (Å²) in [6.45, 7) is 1.68. The van der Waals surface area contributed by atoms with E-state index in [4.69, 9.17) is 0 Å². The van der Waals surface area contributed by atoms with E-state index in [9.17, 15) is 18.3 Å². The molecule has 2 N–H and O–H groups in total. The second-order valence-electron chi connectivity index (χ2n) is 6.78. The van der Waals surface area contributed by atoms with Crippen LogP contribution in [0.15, 0.2) is 70.8 Å². The minimum Gasteiger partial charge on any atom is -0.478 e. The van der Waals surface area contributed by atoms with Gasteiger partial charge in [-0.25, -0.2) is 13.2 Å². The maximum absolute atomic E-state index is 13.2. The first-order valence-corrected chi connectivity index (χ1v) is 10.4. The van der Waals surface area contributed by atoms with Gasteiger partial charge in [0.1, 0.15) is 0 Å². The molecule has 0 radical (unpaired) electrons. The summed E-state index contributed by atoms with van der Waals surface area (Å²) in [6.07, 6.45) is 0.399. The minimum atomic E-state index is -3.66. The maximum Gasteiger partial charge on any atom is 0.334 e. The Morgan fingerprint density at radius 3 is 2.44 bits per heavy atom. The van der Waals surface area contributed by atoms with Crippen molar-refractivity contribution in [2.75, 3.05) is 5.75 Å². The van der Waals surface area contributed by atoms with Gasteiger partial charge in [-0.3, -0.25) is 0 Å². The molecule has 5 nitrogen and oxygen atoms in total. The average Bonchev–Trinajstić information content (AvgIpc) is 2.76. The van der Waals surface area contributed by atoms with Crippen LogP contribution >= 0.6 is 0 Å². The van der Waals surface area contributed by atoms with Crippen molar-refractivity contribution in [2.45, 2.75) is 19.3 Å². The minimum absolute atomic E-state index is 0.0419. The van der Waals surface area contributed by atoms with E-state index < -0.39 is 21.7 Å². The molecule has 4 rings (SSSR count). The highest BCUT2D eigenvalue weighted by Gasteiger charge is 2.41. The summed E-state index contributed by atoms with van der Waals surface area (Å²) in [7, 11) is -3.66. The molecule has 0 bridgehead atoms. The van der Waals surface area contributed by atoms with Crippen LogP contribution in [0.2, 0.25) is 0 Å². The first-order valence-electron chi connectivity index (χ1n) is 8.71. The van der Waals surface area contributed by atoms with Crippen LogP contribution in [0, 0.1) is 0 Å². The highest BCUT2D eigenvalue weighted by atomic mass is 32.2. The van der Waals surface area contributed by atoms with Gasteiger partial charge in [0.15, 0.2) is 9.84 Å². The maximum atomic E-state index is 13.2. The molecular formula is C21H19NO4S. The summed E-state index contributed by atoms with van der Waals surface area (Å²) >= 11 is 0. The third-order valence-corrected chi connectivity index (χ3v) is 6.99. The normalized spacial score (nSPS) is 21.0. The topological polar surface area (TPSA) is 83.5 Å². The molecule has 0 aromatic heterocycles. The van der Waals surface area contributed by atoms with E-state index in [1.807, 2.05) is 30.3 Å². The SMILES string of the molecule is CC1=C(C(=O)O)C(c2ccccc2)C2=C(N1)c1ccccc1CCS2(=O)=O. The number of benzene rings is 2. The average molecular weight is 381 g/mol. The Balaban J connectivity index is 2.07. The predicted molar refractivity (Wildman–Crippen MR) is 104 cm³/mol. The second kappa shape index (κ2) is 6.39. The highest BCUT2D eigenvalue weighted by Crippen LogP contribution is 2.45. The molecule has 0 aliphatic carbocycles. The molecule has 138 valence electrons. The number of carboxylic acids is 1. The quantitative estimate of drug-likeness (QED) is 0.835. The largest absolute Gasteiger partial charge is 0.478 e. The van der Waals surface area contributed by atoms with Crippen molar-refractivity contribution in [3.05, 3.63) is 87.5 Å². The van der Waals surface area contributed by atoms with Gasteiger partial charge in [0.25, 0.3) is 0 Å². The van der Waals surface area contributed by atoms with Crippen LogP contribution in [-0.2, 0) is 21.1 Å². The molecule has 0 saturated heterocycles. The Hall–Kier alpha value is -2.86. The third kappa shape index (κ3) is 2.86. The molecule has 1 unspecified atom stereocenters. The summed E-state index contributed by atoms with van der Waals surface area (Å²) in [5, 5.41) is 13.0. The van der Waals surface area contributed by atoms with E-state index in [0.29, 0.717) is 23.4 Å². The fraction of sp³-hybridized carbons (Fsp3) is 0.190. The van der Waals surface area contributed by atoms with Crippen molar-refractivity contribution >= 4 is 21.5 Å². The van der Waals surface area contributed by atoms with E-state index in [2.05, 4.69) is 5.32 Å². The number of carbonyl (C=O) groups is 1. The van der Waals surface area contributed by atoms with Gasteiger partial charge in [0.2, 0.25) is 0 Å². The molecule has 0 saturated carbocycles. The predicted octanol–water partition coefficient (Wildman–Crippen LogP) is 3.07. The Labute approximate surface area is 158 Å². The Morgan fingerprint density at radius 2 is 1.74 bits per heavy atom. The van der Waals surface area contributed by atoms with E-state index >= 15 is 0 Å². The number of allylic oxidation sites excluding steroid dienone is 2. The zero-order chi connectivity index (χ0) is 19.2. The number of sulfone groups is 1. The van der Waals surface area contributed by atoms with Crippen LogP contribution in [0.25, 0.3) is 5.70 Å². The van der Waals surface area contributed by atoms with Crippen molar-refractivity contribution in [3.63, 3.8) is 0 Å². The van der Waals surface area contributed by atoms with Gasteiger partial charge in [-0.1, -0.05) is 54.6 Å². The molecule has 0 fully saturated rings. The molecule has 2 aliphatic heterocycles. The Kier molecular flexibility index (Phi) is 4.15. The molecule has 2 aromatic carbocycles. The van der Waals surface area contributed by atoms with Gasteiger partial charge in [-0.2, -0.15) is 0 Å². The zero-order valence-corrected chi connectivity index (χ0v) is 15.6. The second-order valence-corrected chi connectivity index (χ2v) is 8.86. The van der Waals surface area contributed by atoms with E-state index in [1.165, 1.54) is 0 Å². The first-order chi connectivity index (χ1) is 12.9. The molecule has 2 heterocycles. The van der Waals surface area contributed by atoms with Crippen molar-refractivity contribution in [1.82, 2.24) is 5.32 Å². The van der Waals surface area contributed by atoms with Crippen LogP contribution in [-0.4, -0.2) is 25.2 Å². The molecule has 6 heteroatoms.